The van der Waals surface area contributed by atoms with Gasteiger partial charge < -0.3 is 14.4 Å². The number of halogens is 1. The number of methoxy groups -OCH3 is 1. The Labute approximate surface area is 153 Å². The Balaban J connectivity index is 2.09. The van der Waals surface area contributed by atoms with Crippen LogP contribution in [0.15, 0.2) is 48.5 Å². The number of carbonyl (C=O) groups is 1. The number of hydrogen-bond acceptors (Lipinski definition) is 3. The van der Waals surface area contributed by atoms with E-state index in [1.165, 1.54) is 18.2 Å². The van der Waals surface area contributed by atoms with Crippen molar-refractivity contribution in [3.05, 3.63) is 65.5 Å². The molecule has 1 unspecified atom stereocenters. The molecule has 2 rings (SSSR count). The van der Waals surface area contributed by atoms with Crippen molar-refractivity contribution >= 4 is 12.0 Å². The maximum absolute atomic E-state index is 13.0. The van der Waals surface area contributed by atoms with Crippen LogP contribution in [0.5, 0.6) is 11.5 Å². The Kier molecular flexibility index (Phi) is 6.78. The summed E-state index contributed by atoms with van der Waals surface area (Å²) in [6, 6.07) is 11.5. The fourth-order valence-corrected chi connectivity index (χ4v) is 2.50. The maximum atomic E-state index is 13.0. The van der Waals surface area contributed by atoms with Gasteiger partial charge in [0.1, 0.15) is 5.82 Å². The van der Waals surface area contributed by atoms with Crippen molar-refractivity contribution < 1.29 is 18.7 Å². The van der Waals surface area contributed by atoms with E-state index in [1.807, 2.05) is 32.0 Å². The highest BCUT2D eigenvalue weighted by molar-refractivity contribution is 5.92. The van der Waals surface area contributed by atoms with E-state index >= 15 is 0 Å². The summed E-state index contributed by atoms with van der Waals surface area (Å²) in [6.07, 6.45) is 3.24. The molecule has 0 saturated carbocycles. The van der Waals surface area contributed by atoms with Gasteiger partial charge in [0.15, 0.2) is 11.5 Å². The SMILES string of the molecule is CCOc1ccc(/C=C/C(=O)N(C)C(C)c2ccc(F)cc2)cc1OC. The van der Waals surface area contributed by atoms with E-state index in [9.17, 15) is 9.18 Å². The molecule has 2 aromatic rings. The summed E-state index contributed by atoms with van der Waals surface area (Å²) in [5, 5.41) is 0. The molecule has 1 atom stereocenters. The van der Waals surface area contributed by atoms with Gasteiger partial charge in [0.25, 0.3) is 0 Å². The maximum Gasteiger partial charge on any atom is 0.246 e. The lowest BCUT2D eigenvalue weighted by Crippen LogP contribution is -2.27. The molecule has 5 heteroatoms. The number of nitrogens with zero attached hydrogens (tertiary/aromatic N) is 1. The summed E-state index contributed by atoms with van der Waals surface area (Å²) in [5.74, 6) is 0.851. The molecule has 0 heterocycles. The average molecular weight is 357 g/mol. The van der Waals surface area contributed by atoms with Gasteiger partial charge in [0, 0.05) is 13.1 Å². The van der Waals surface area contributed by atoms with Gasteiger partial charge in [-0.05, 0) is 55.3 Å². The third kappa shape index (κ3) is 4.85. The monoisotopic (exact) mass is 357 g/mol. The van der Waals surface area contributed by atoms with Gasteiger partial charge in [-0.3, -0.25) is 4.79 Å². The van der Waals surface area contributed by atoms with E-state index in [2.05, 4.69) is 0 Å². The number of hydrogen-bond donors (Lipinski definition) is 0. The first kappa shape index (κ1) is 19.5. The van der Waals surface area contributed by atoms with Gasteiger partial charge in [-0.15, -0.1) is 0 Å². The summed E-state index contributed by atoms with van der Waals surface area (Å²) in [7, 11) is 3.30. The predicted octanol–water partition coefficient (Wildman–Crippen LogP) is 4.47. The third-order valence-electron chi connectivity index (χ3n) is 4.19. The highest BCUT2D eigenvalue weighted by Crippen LogP contribution is 2.28. The molecule has 138 valence electrons. The molecule has 1 amide bonds. The van der Waals surface area contributed by atoms with E-state index in [4.69, 9.17) is 9.47 Å². The number of benzene rings is 2. The minimum Gasteiger partial charge on any atom is -0.493 e. The van der Waals surface area contributed by atoms with E-state index in [0.717, 1.165) is 11.1 Å². The molecular weight excluding hydrogens is 333 g/mol. The van der Waals surface area contributed by atoms with Crippen LogP contribution in [-0.4, -0.2) is 31.6 Å². The van der Waals surface area contributed by atoms with Crippen LogP contribution in [0.2, 0.25) is 0 Å². The lowest BCUT2D eigenvalue weighted by molar-refractivity contribution is -0.126. The average Bonchev–Trinajstić information content (AvgIpc) is 2.66. The number of rotatable bonds is 7. The summed E-state index contributed by atoms with van der Waals surface area (Å²) in [4.78, 5) is 14.0. The van der Waals surface area contributed by atoms with Crippen molar-refractivity contribution in [2.75, 3.05) is 20.8 Å². The molecule has 0 bridgehead atoms. The fraction of sp³-hybridized carbons (Fsp3) is 0.286. The summed E-state index contributed by atoms with van der Waals surface area (Å²) in [6.45, 7) is 4.36. The van der Waals surface area contributed by atoms with Crippen molar-refractivity contribution in [1.82, 2.24) is 4.90 Å². The van der Waals surface area contributed by atoms with Gasteiger partial charge >= 0.3 is 0 Å². The highest BCUT2D eigenvalue weighted by Gasteiger charge is 2.15. The second-order valence-electron chi connectivity index (χ2n) is 5.85. The first-order chi connectivity index (χ1) is 12.5. The van der Waals surface area contributed by atoms with Crippen molar-refractivity contribution in [3.8, 4) is 11.5 Å². The summed E-state index contributed by atoms with van der Waals surface area (Å²) < 4.78 is 23.8. The summed E-state index contributed by atoms with van der Waals surface area (Å²) in [5.41, 5.74) is 1.71. The molecule has 0 saturated heterocycles. The number of ether oxygens (including phenoxy) is 2. The van der Waals surface area contributed by atoms with Gasteiger partial charge in [-0.2, -0.15) is 0 Å². The predicted molar refractivity (Wildman–Crippen MR) is 101 cm³/mol. The van der Waals surface area contributed by atoms with Gasteiger partial charge in [-0.1, -0.05) is 18.2 Å². The second kappa shape index (κ2) is 9.04. The van der Waals surface area contributed by atoms with E-state index in [0.29, 0.717) is 18.1 Å². The molecule has 0 fully saturated rings. The first-order valence-corrected chi connectivity index (χ1v) is 8.47. The molecule has 0 N–H and O–H groups in total. The zero-order valence-corrected chi connectivity index (χ0v) is 15.5. The Hall–Kier alpha value is -2.82. The Morgan fingerprint density at radius 3 is 2.50 bits per heavy atom. The minimum atomic E-state index is -0.292. The van der Waals surface area contributed by atoms with E-state index < -0.39 is 0 Å². The van der Waals surface area contributed by atoms with Gasteiger partial charge in [0.2, 0.25) is 5.91 Å². The molecule has 4 nitrogen and oxygen atoms in total. The normalized spacial score (nSPS) is 12.0. The second-order valence-corrected chi connectivity index (χ2v) is 5.85. The Bertz CT molecular complexity index is 771. The molecule has 0 aliphatic rings. The molecule has 0 radical (unpaired) electrons. The van der Waals surface area contributed by atoms with E-state index in [1.54, 1.807) is 37.3 Å². The van der Waals surface area contributed by atoms with Crippen LogP contribution in [0.3, 0.4) is 0 Å². The topological polar surface area (TPSA) is 38.8 Å². The molecule has 0 spiro atoms. The quantitative estimate of drug-likeness (QED) is 0.687. The minimum absolute atomic E-state index is 0.144. The number of amides is 1. The van der Waals surface area contributed by atoms with Crippen LogP contribution >= 0.6 is 0 Å². The van der Waals surface area contributed by atoms with Crippen molar-refractivity contribution in [2.45, 2.75) is 19.9 Å². The lowest BCUT2D eigenvalue weighted by Gasteiger charge is -2.24. The van der Waals surface area contributed by atoms with Crippen LogP contribution in [0.4, 0.5) is 4.39 Å². The van der Waals surface area contributed by atoms with Crippen LogP contribution in [-0.2, 0) is 4.79 Å². The molecule has 26 heavy (non-hydrogen) atoms. The zero-order valence-electron chi connectivity index (χ0n) is 15.5. The highest BCUT2D eigenvalue weighted by atomic mass is 19.1. The molecular formula is C21H24FNO3. The number of likely N-dealkylation sites (N-methyl/N-ethyl adjacent to an activating group) is 1. The molecule has 0 aliphatic heterocycles. The molecule has 0 aliphatic carbocycles. The Morgan fingerprint density at radius 1 is 1.19 bits per heavy atom. The first-order valence-electron chi connectivity index (χ1n) is 8.47. The fourth-order valence-electron chi connectivity index (χ4n) is 2.50. The zero-order chi connectivity index (χ0) is 19.1. The summed E-state index contributed by atoms with van der Waals surface area (Å²) >= 11 is 0. The standard InChI is InChI=1S/C21H24FNO3/c1-5-26-19-12-6-16(14-20(19)25-4)7-13-21(24)23(3)15(2)17-8-10-18(22)11-9-17/h6-15H,5H2,1-4H3/b13-7+. The van der Waals surface area contributed by atoms with Gasteiger partial charge in [0.05, 0.1) is 19.8 Å². The lowest BCUT2D eigenvalue weighted by atomic mass is 10.1. The largest absolute Gasteiger partial charge is 0.493 e. The number of carbonyl (C=O) groups excluding carboxylic acids is 1. The third-order valence-corrected chi connectivity index (χ3v) is 4.19. The Morgan fingerprint density at radius 2 is 1.88 bits per heavy atom. The van der Waals surface area contributed by atoms with Gasteiger partial charge in [-0.25, -0.2) is 4.39 Å². The van der Waals surface area contributed by atoms with Crippen LogP contribution < -0.4 is 9.47 Å². The van der Waals surface area contributed by atoms with Crippen LogP contribution in [0.25, 0.3) is 6.08 Å². The molecule has 0 aromatic heterocycles. The van der Waals surface area contributed by atoms with E-state index in [-0.39, 0.29) is 17.8 Å². The van der Waals surface area contributed by atoms with Crippen molar-refractivity contribution in [3.63, 3.8) is 0 Å². The van der Waals surface area contributed by atoms with Crippen molar-refractivity contribution in [2.24, 2.45) is 0 Å². The molecule has 2 aromatic carbocycles. The van der Waals surface area contributed by atoms with Crippen LogP contribution in [0.1, 0.15) is 31.0 Å². The van der Waals surface area contributed by atoms with Crippen LogP contribution in [0, 0.1) is 5.82 Å². The van der Waals surface area contributed by atoms with Crippen molar-refractivity contribution in [1.29, 1.82) is 0 Å². The smallest absolute Gasteiger partial charge is 0.246 e.